The largest absolute Gasteiger partial charge is 0.445 e. The number of halogens is 1. The molecule has 0 heterocycles. The summed E-state index contributed by atoms with van der Waals surface area (Å²) in [4.78, 5) is 11.7. The number of nitrogens with one attached hydrogen (secondary N) is 1. The fraction of sp³-hybridized carbons (Fsp3) is 0.500. The summed E-state index contributed by atoms with van der Waals surface area (Å²) in [6.45, 7) is 0.221. The van der Waals surface area contributed by atoms with E-state index in [1.165, 1.54) is 0 Å². The molecule has 1 aliphatic carbocycles. The lowest BCUT2D eigenvalue weighted by Gasteiger charge is -2.13. The van der Waals surface area contributed by atoms with Crippen LogP contribution in [0.25, 0.3) is 0 Å². The molecule has 1 aromatic carbocycles. The summed E-state index contributed by atoms with van der Waals surface area (Å²) in [6.07, 6.45) is 1.64. The van der Waals surface area contributed by atoms with Gasteiger partial charge in [-0.25, -0.2) is 13.2 Å². The van der Waals surface area contributed by atoms with Gasteiger partial charge in [-0.15, -0.1) is 0 Å². The van der Waals surface area contributed by atoms with Crippen LogP contribution in [0, 0.1) is 5.92 Å². The first-order chi connectivity index (χ1) is 9.92. The highest BCUT2D eigenvalue weighted by molar-refractivity contribution is 8.13. The standard InChI is InChI=1S/C14H18ClNO4S/c15-21(18,19)10-12-6-7-13(8-12)16-14(17)20-9-11-4-2-1-3-5-11/h1-5,12-13H,6-10H2,(H,16,17). The Bertz CT molecular complexity index is 576. The molecule has 0 aliphatic heterocycles. The monoisotopic (exact) mass is 331 g/mol. The maximum atomic E-state index is 11.7. The van der Waals surface area contributed by atoms with Crippen molar-refractivity contribution in [1.29, 1.82) is 0 Å². The molecule has 0 spiro atoms. The molecule has 1 saturated carbocycles. The van der Waals surface area contributed by atoms with Gasteiger partial charge in [0.15, 0.2) is 0 Å². The van der Waals surface area contributed by atoms with Crippen LogP contribution < -0.4 is 5.32 Å². The fourth-order valence-corrected chi connectivity index (χ4v) is 3.97. The lowest BCUT2D eigenvalue weighted by molar-refractivity contribution is 0.135. The molecule has 116 valence electrons. The van der Waals surface area contributed by atoms with Crippen molar-refractivity contribution in [2.75, 3.05) is 5.75 Å². The van der Waals surface area contributed by atoms with Crippen molar-refractivity contribution in [3.05, 3.63) is 35.9 Å². The first kappa shape index (κ1) is 16.1. The third-order valence-electron chi connectivity index (χ3n) is 3.51. The summed E-state index contributed by atoms with van der Waals surface area (Å²) in [6, 6.07) is 9.37. The van der Waals surface area contributed by atoms with Gasteiger partial charge in [-0.1, -0.05) is 30.3 Å². The van der Waals surface area contributed by atoms with E-state index in [1.54, 1.807) is 0 Å². The van der Waals surface area contributed by atoms with Crippen LogP contribution in [0.15, 0.2) is 30.3 Å². The number of hydrogen-bond donors (Lipinski definition) is 1. The molecule has 0 aromatic heterocycles. The highest BCUT2D eigenvalue weighted by Gasteiger charge is 2.29. The maximum absolute atomic E-state index is 11.7. The third-order valence-corrected chi connectivity index (χ3v) is 4.76. The topological polar surface area (TPSA) is 72.5 Å². The zero-order chi connectivity index (χ0) is 15.3. The van der Waals surface area contributed by atoms with Crippen LogP contribution >= 0.6 is 10.7 Å². The summed E-state index contributed by atoms with van der Waals surface area (Å²) < 4.78 is 27.2. The molecule has 2 rings (SSSR count). The van der Waals surface area contributed by atoms with Gasteiger partial charge in [-0.3, -0.25) is 0 Å². The van der Waals surface area contributed by atoms with Crippen molar-refractivity contribution < 1.29 is 17.9 Å². The fourth-order valence-electron chi connectivity index (χ4n) is 2.57. The van der Waals surface area contributed by atoms with Crippen LogP contribution in [0.2, 0.25) is 0 Å². The molecule has 1 N–H and O–H groups in total. The van der Waals surface area contributed by atoms with E-state index in [4.69, 9.17) is 15.4 Å². The minimum atomic E-state index is -3.48. The first-order valence-corrected chi connectivity index (χ1v) is 9.30. The highest BCUT2D eigenvalue weighted by atomic mass is 35.7. The predicted molar refractivity (Wildman–Crippen MR) is 80.5 cm³/mol. The number of ether oxygens (including phenoxy) is 1. The SMILES string of the molecule is O=C(NC1CCC(CS(=O)(=O)Cl)C1)OCc1ccccc1. The number of carbonyl (C=O) groups excluding carboxylic acids is 1. The Morgan fingerprint density at radius 3 is 2.67 bits per heavy atom. The van der Waals surface area contributed by atoms with Crippen molar-refractivity contribution >= 4 is 25.8 Å². The molecule has 7 heteroatoms. The minimum Gasteiger partial charge on any atom is -0.445 e. The Labute approximate surface area is 129 Å². The average Bonchev–Trinajstić information content (AvgIpc) is 2.82. The quantitative estimate of drug-likeness (QED) is 0.842. The van der Waals surface area contributed by atoms with Crippen molar-refractivity contribution in [2.45, 2.75) is 31.9 Å². The van der Waals surface area contributed by atoms with Crippen molar-refractivity contribution in [1.82, 2.24) is 5.32 Å². The van der Waals surface area contributed by atoms with Crippen LogP contribution in [0.4, 0.5) is 4.79 Å². The number of hydrogen-bond acceptors (Lipinski definition) is 4. The molecule has 2 unspecified atom stereocenters. The number of benzene rings is 1. The molecule has 2 atom stereocenters. The van der Waals surface area contributed by atoms with E-state index in [0.29, 0.717) is 6.42 Å². The molecule has 1 amide bonds. The molecule has 21 heavy (non-hydrogen) atoms. The van der Waals surface area contributed by atoms with Gasteiger partial charge in [0.1, 0.15) is 6.61 Å². The van der Waals surface area contributed by atoms with Gasteiger partial charge in [-0.2, -0.15) is 0 Å². The van der Waals surface area contributed by atoms with Gasteiger partial charge in [0.05, 0.1) is 5.75 Å². The third kappa shape index (κ3) is 5.93. The van der Waals surface area contributed by atoms with Gasteiger partial charge in [0.25, 0.3) is 0 Å². The Morgan fingerprint density at radius 1 is 1.29 bits per heavy atom. The normalized spacial score (nSPS) is 22.0. The Hall–Kier alpha value is -1.27. The summed E-state index contributed by atoms with van der Waals surface area (Å²) in [5.74, 6) is -0.0295. The Kier molecular flexibility index (Phi) is 5.47. The van der Waals surface area contributed by atoms with Crippen molar-refractivity contribution in [3.8, 4) is 0 Å². The second-order valence-corrected chi connectivity index (χ2v) is 8.11. The second-order valence-electron chi connectivity index (χ2n) is 5.29. The van der Waals surface area contributed by atoms with Crippen LogP contribution in [-0.4, -0.2) is 26.3 Å². The van der Waals surface area contributed by atoms with Crippen LogP contribution in [0.1, 0.15) is 24.8 Å². The lowest BCUT2D eigenvalue weighted by Crippen LogP contribution is -2.33. The van der Waals surface area contributed by atoms with E-state index >= 15 is 0 Å². The van der Waals surface area contributed by atoms with Gasteiger partial charge >= 0.3 is 6.09 Å². The van der Waals surface area contributed by atoms with Crippen LogP contribution in [0.3, 0.4) is 0 Å². The maximum Gasteiger partial charge on any atom is 0.407 e. The smallest absolute Gasteiger partial charge is 0.407 e. The zero-order valence-electron chi connectivity index (χ0n) is 11.5. The average molecular weight is 332 g/mol. The zero-order valence-corrected chi connectivity index (χ0v) is 13.1. The summed E-state index contributed by atoms with van der Waals surface area (Å²) in [5.41, 5.74) is 0.921. The van der Waals surface area contributed by atoms with Crippen molar-refractivity contribution in [3.63, 3.8) is 0 Å². The van der Waals surface area contributed by atoms with Gasteiger partial charge in [0, 0.05) is 16.7 Å². The van der Waals surface area contributed by atoms with Gasteiger partial charge in [0.2, 0.25) is 9.05 Å². The molecular weight excluding hydrogens is 314 g/mol. The molecule has 1 aliphatic rings. The minimum absolute atomic E-state index is 0.00641. The number of rotatable bonds is 5. The lowest BCUT2D eigenvalue weighted by atomic mass is 10.1. The van der Waals surface area contributed by atoms with Crippen LogP contribution in [-0.2, 0) is 20.4 Å². The second kappa shape index (κ2) is 7.13. The molecule has 1 aromatic rings. The summed E-state index contributed by atoms with van der Waals surface area (Å²) >= 11 is 0. The summed E-state index contributed by atoms with van der Waals surface area (Å²) in [5, 5.41) is 2.77. The van der Waals surface area contributed by atoms with Gasteiger partial charge < -0.3 is 10.1 Å². The van der Waals surface area contributed by atoms with E-state index in [9.17, 15) is 13.2 Å². The van der Waals surface area contributed by atoms with E-state index in [-0.39, 0.29) is 24.3 Å². The Balaban J connectivity index is 1.72. The van der Waals surface area contributed by atoms with E-state index in [0.717, 1.165) is 18.4 Å². The molecular formula is C14H18ClNO4S. The number of carbonyl (C=O) groups is 1. The molecule has 0 saturated heterocycles. The predicted octanol–water partition coefficient (Wildman–Crippen LogP) is 2.65. The highest BCUT2D eigenvalue weighted by Crippen LogP contribution is 2.27. The van der Waals surface area contributed by atoms with E-state index in [2.05, 4.69) is 5.32 Å². The number of alkyl carbamates (subject to hydrolysis) is 1. The Morgan fingerprint density at radius 2 is 2.00 bits per heavy atom. The number of amides is 1. The molecule has 0 bridgehead atoms. The van der Waals surface area contributed by atoms with E-state index < -0.39 is 15.1 Å². The first-order valence-electron chi connectivity index (χ1n) is 6.82. The molecule has 1 fully saturated rings. The molecule has 5 nitrogen and oxygen atoms in total. The molecule has 0 radical (unpaired) electrons. The summed E-state index contributed by atoms with van der Waals surface area (Å²) in [7, 11) is 1.77. The van der Waals surface area contributed by atoms with Crippen LogP contribution in [0.5, 0.6) is 0 Å². The van der Waals surface area contributed by atoms with Gasteiger partial charge in [-0.05, 0) is 30.7 Å². The van der Waals surface area contributed by atoms with Crippen molar-refractivity contribution in [2.24, 2.45) is 5.92 Å². The van der Waals surface area contributed by atoms with E-state index in [1.807, 2.05) is 30.3 Å².